The Balaban J connectivity index is 2.28. The fraction of sp³-hybridized carbons (Fsp3) is 0.290. The Hall–Kier alpha value is -2.64. The van der Waals surface area contributed by atoms with Crippen LogP contribution in [0.15, 0.2) is 89.5 Å². The molecule has 0 amide bonds. The molecule has 0 fully saturated rings. The van der Waals surface area contributed by atoms with Crippen LogP contribution in [0.1, 0.15) is 49.9 Å². The van der Waals surface area contributed by atoms with Gasteiger partial charge in [-0.25, -0.2) is 0 Å². The van der Waals surface area contributed by atoms with E-state index in [-0.39, 0.29) is 5.04 Å². The summed E-state index contributed by atoms with van der Waals surface area (Å²) in [6, 6.07) is 25.6. The maximum atomic E-state index is 2.59. The minimum absolute atomic E-state index is 0.0543. The van der Waals surface area contributed by atoms with E-state index in [4.69, 9.17) is 0 Å². The molecule has 32 heavy (non-hydrogen) atoms. The van der Waals surface area contributed by atoms with Crippen molar-refractivity contribution in [1.29, 1.82) is 0 Å². The van der Waals surface area contributed by atoms with Crippen molar-refractivity contribution in [2.75, 3.05) is 0 Å². The molecule has 0 radical (unpaired) electrons. The van der Waals surface area contributed by atoms with Gasteiger partial charge in [0.25, 0.3) is 0 Å². The molecular weight excluding hydrogens is 400 g/mol. The summed E-state index contributed by atoms with van der Waals surface area (Å²) in [5.41, 5.74) is 9.90. The maximum Gasteiger partial charge on any atom is 0.162 e. The van der Waals surface area contributed by atoms with E-state index in [1.165, 1.54) is 54.5 Å². The monoisotopic (exact) mass is 436 g/mol. The molecule has 0 nitrogen and oxygen atoms in total. The highest BCUT2D eigenvalue weighted by atomic mass is 28.3. The molecule has 2 atom stereocenters. The molecule has 2 unspecified atom stereocenters. The van der Waals surface area contributed by atoms with Crippen LogP contribution in [0.3, 0.4) is 0 Å². The van der Waals surface area contributed by atoms with Crippen LogP contribution in [-0.2, 0) is 0 Å². The van der Waals surface area contributed by atoms with Gasteiger partial charge >= 0.3 is 0 Å². The van der Waals surface area contributed by atoms with Crippen LogP contribution in [-0.4, -0.2) is 8.07 Å². The van der Waals surface area contributed by atoms with Crippen molar-refractivity contribution in [2.24, 2.45) is 0 Å². The minimum Gasteiger partial charge on any atom is -0.0730 e. The summed E-state index contributed by atoms with van der Waals surface area (Å²) in [5.74, 6) is 0. The molecule has 0 spiro atoms. The Bertz CT molecular complexity index is 1220. The fourth-order valence-electron chi connectivity index (χ4n) is 6.12. The van der Waals surface area contributed by atoms with Crippen molar-refractivity contribution >= 4 is 23.6 Å². The first-order valence-electron chi connectivity index (χ1n) is 11.7. The molecular formula is C31H36Si. The fourth-order valence-corrected chi connectivity index (χ4v) is 12.7. The molecule has 0 saturated heterocycles. The summed E-state index contributed by atoms with van der Waals surface area (Å²) >= 11 is 0. The number of aryl methyl sites for hydroxylation is 3. The molecule has 0 heterocycles. The predicted octanol–water partition coefficient (Wildman–Crippen LogP) is 6.45. The van der Waals surface area contributed by atoms with Gasteiger partial charge in [0.2, 0.25) is 0 Å². The summed E-state index contributed by atoms with van der Waals surface area (Å²) in [7, 11) is -2.53. The molecule has 164 valence electrons. The molecule has 0 aromatic heterocycles. The maximum absolute atomic E-state index is 2.59. The summed E-state index contributed by atoms with van der Waals surface area (Å²) in [6.45, 7) is 18.6. The van der Waals surface area contributed by atoms with Crippen LogP contribution in [0.4, 0.5) is 0 Å². The summed E-state index contributed by atoms with van der Waals surface area (Å²) in [5, 5.41) is 4.48. The number of benzene rings is 3. The quantitative estimate of drug-likeness (QED) is 0.326. The number of rotatable bonds is 4. The van der Waals surface area contributed by atoms with Crippen molar-refractivity contribution in [3.63, 3.8) is 0 Å². The zero-order valence-electron chi connectivity index (χ0n) is 20.9. The molecule has 0 N–H and O–H groups in total. The van der Waals surface area contributed by atoms with Crippen molar-refractivity contribution in [1.82, 2.24) is 0 Å². The average Bonchev–Trinajstić information content (AvgIpc) is 2.95. The second-order valence-corrected chi connectivity index (χ2v) is 14.3. The van der Waals surface area contributed by atoms with E-state index in [1.54, 1.807) is 0 Å². The first-order valence-corrected chi connectivity index (χ1v) is 13.7. The van der Waals surface area contributed by atoms with E-state index < -0.39 is 8.07 Å². The Labute approximate surface area is 195 Å². The standard InChI is InChI=1S/C31H36Si/c1-21-17-22(2)19-29(18-21)32(28-14-10-9-11-15-28,30-16-12-13-23(3)26(30)6)31(8)20-24(4)25(5)27(31)7/h9-20H,1-8H3. The zero-order valence-corrected chi connectivity index (χ0v) is 21.9. The minimum atomic E-state index is -2.53. The van der Waals surface area contributed by atoms with Crippen molar-refractivity contribution in [3.05, 3.63) is 112 Å². The first-order chi connectivity index (χ1) is 15.1. The van der Waals surface area contributed by atoms with Crippen LogP contribution < -0.4 is 15.6 Å². The highest BCUT2D eigenvalue weighted by Gasteiger charge is 2.56. The highest BCUT2D eigenvalue weighted by molar-refractivity contribution is 7.14. The van der Waals surface area contributed by atoms with Crippen LogP contribution >= 0.6 is 0 Å². The van der Waals surface area contributed by atoms with Crippen LogP contribution in [0.2, 0.25) is 5.04 Å². The smallest absolute Gasteiger partial charge is 0.0730 e. The van der Waals surface area contributed by atoms with Gasteiger partial charge in [-0.3, -0.25) is 0 Å². The Morgan fingerprint density at radius 2 is 1.28 bits per heavy atom. The molecule has 0 aliphatic heterocycles. The third-order valence-corrected chi connectivity index (χ3v) is 13.9. The SMILES string of the molecule is CC1=CC(C)([Si](c2ccccc2)(c2cc(C)cc(C)c2)c2cccc(C)c2C)C(C)=C1C. The lowest BCUT2D eigenvalue weighted by Gasteiger charge is -2.48. The molecule has 3 aromatic rings. The second kappa shape index (κ2) is 8.05. The van der Waals surface area contributed by atoms with Crippen LogP contribution in [0, 0.1) is 27.7 Å². The summed E-state index contributed by atoms with van der Waals surface area (Å²) in [6.07, 6.45) is 2.59. The van der Waals surface area contributed by atoms with Crippen molar-refractivity contribution in [2.45, 2.75) is 60.4 Å². The first kappa shape index (κ1) is 22.5. The van der Waals surface area contributed by atoms with Gasteiger partial charge in [0.1, 0.15) is 0 Å². The van der Waals surface area contributed by atoms with Gasteiger partial charge in [-0.05, 0) is 80.7 Å². The van der Waals surface area contributed by atoms with Gasteiger partial charge in [0.15, 0.2) is 8.07 Å². The predicted molar refractivity (Wildman–Crippen MR) is 143 cm³/mol. The van der Waals surface area contributed by atoms with Gasteiger partial charge in [-0.2, -0.15) is 0 Å². The molecule has 3 aromatic carbocycles. The van der Waals surface area contributed by atoms with Crippen molar-refractivity contribution < 1.29 is 0 Å². The van der Waals surface area contributed by atoms with Gasteiger partial charge < -0.3 is 0 Å². The molecule has 4 rings (SSSR count). The third kappa shape index (κ3) is 3.18. The Morgan fingerprint density at radius 1 is 0.656 bits per heavy atom. The molecule has 0 bridgehead atoms. The molecule has 1 aliphatic carbocycles. The average molecular weight is 437 g/mol. The van der Waals surface area contributed by atoms with E-state index in [9.17, 15) is 0 Å². The van der Waals surface area contributed by atoms with E-state index in [0.717, 1.165) is 0 Å². The Kier molecular flexibility index (Phi) is 5.67. The number of hydrogen-bond acceptors (Lipinski definition) is 0. The Morgan fingerprint density at radius 3 is 1.84 bits per heavy atom. The highest BCUT2D eigenvalue weighted by Crippen LogP contribution is 2.53. The topological polar surface area (TPSA) is 0 Å². The summed E-state index contributed by atoms with van der Waals surface area (Å²) < 4.78 is 0. The van der Waals surface area contributed by atoms with Gasteiger partial charge in [0.05, 0.1) is 0 Å². The lowest BCUT2D eigenvalue weighted by molar-refractivity contribution is 0.869. The van der Waals surface area contributed by atoms with Crippen LogP contribution in [0.25, 0.3) is 0 Å². The molecule has 1 heteroatoms. The van der Waals surface area contributed by atoms with Gasteiger partial charge in [-0.15, -0.1) is 0 Å². The van der Waals surface area contributed by atoms with E-state index >= 15 is 0 Å². The van der Waals surface area contributed by atoms with Crippen molar-refractivity contribution in [3.8, 4) is 0 Å². The van der Waals surface area contributed by atoms with Crippen LogP contribution in [0.5, 0.6) is 0 Å². The zero-order chi connectivity index (χ0) is 23.3. The van der Waals surface area contributed by atoms with Gasteiger partial charge in [0, 0.05) is 5.04 Å². The van der Waals surface area contributed by atoms with E-state index in [0.29, 0.717) is 0 Å². The summed E-state index contributed by atoms with van der Waals surface area (Å²) in [4.78, 5) is 0. The molecule has 0 saturated carbocycles. The van der Waals surface area contributed by atoms with E-state index in [1.807, 2.05) is 0 Å². The normalized spacial score (nSPS) is 20.3. The number of allylic oxidation sites excluding steroid dienone is 4. The number of hydrogen-bond donors (Lipinski definition) is 0. The lowest BCUT2D eigenvalue weighted by Crippen LogP contribution is -2.73. The second-order valence-electron chi connectivity index (χ2n) is 10.0. The largest absolute Gasteiger partial charge is 0.162 e. The third-order valence-electron chi connectivity index (χ3n) is 8.09. The lowest BCUT2D eigenvalue weighted by atomic mass is 10.0. The van der Waals surface area contributed by atoms with E-state index in [2.05, 4.69) is 128 Å². The van der Waals surface area contributed by atoms with Gasteiger partial charge in [-0.1, -0.05) is 102 Å². The molecule has 1 aliphatic rings.